The van der Waals surface area contributed by atoms with Gasteiger partial charge in [0.1, 0.15) is 0 Å². The van der Waals surface area contributed by atoms with E-state index in [1.54, 1.807) is 19.1 Å². The van der Waals surface area contributed by atoms with Gasteiger partial charge in [0.15, 0.2) is 5.82 Å². The summed E-state index contributed by atoms with van der Waals surface area (Å²) >= 11 is 6.35. The Balaban J connectivity index is 1.58. The van der Waals surface area contributed by atoms with Crippen molar-refractivity contribution in [1.29, 1.82) is 0 Å². The van der Waals surface area contributed by atoms with Crippen LogP contribution in [0, 0.1) is 6.92 Å². The Bertz CT molecular complexity index is 936. The van der Waals surface area contributed by atoms with Gasteiger partial charge in [-0.2, -0.15) is 4.98 Å². The number of hydrogen-bond acceptors (Lipinski definition) is 4. The molecule has 2 aromatic carbocycles. The number of carbonyl (C=O) groups excluding carboxylic acids is 1. The van der Waals surface area contributed by atoms with Crippen molar-refractivity contribution in [1.82, 2.24) is 15.0 Å². The molecular formula is C20H18ClN3O2. The zero-order chi connectivity index (χ0) is 18.1. The summed E-state index contributed by atoms with van der Waals surface area (Å²) in [5.74, 6) is 1.05. The van der Waals surface area contributed by atoms with Crippen LogP contribution in [0.25, 0.3) is 11.5 Å². The second kappa shape index (κ2) is 6.92. The summed E-state index contributed by atoms with van der Waals surface area (Å²) in [5.41, 5.74) is 2.45. The Labute approximate surface area is 156 Å². The molecule has 26 heavy (non-hydrogen) atoms. The zero-order valence-electron chi connectivity index (χ0n) is 14.4. The van der Waals surface area contributed by atoms with Crippen molar-refractivity contribution in [3.63, 3.8) is 0 Å². The molecule has 1 fully saturated rings. The number of carbonyl (C=O) groups is 1. The van der Waals surface area contributed by atoms with Gasteiger partial charge in [-0.15, -0.1) is 0 Å². The van der Waals surface area contributed by atoms with Crippen LogP contribution < -0.4 is 0 Å². The summed E-state index contributed by atoms with van der Waals surface area (Å²) in [5, 5.41) is 4.50. The Kier molecular flexibility index (Phi) is 4.47. The van der Waals surface area contributed by atoms with Crippen molar-refractivity contribution < 1.29 is 9.32 Å². The van der Waals surface area contributed by atoms with E-state index in [2.05, 4.69) is 10.1 Å². The molecule has 5 nitrogen and oxygen atoms in total. The Morgan fingerprint density at radius 2 is 1.96 bits per heavy atom. The standard InChI is InChI=1S/C20H18ClN3O2/c1-13-22-19(26-23-13)14-8-10-15(11-9-14)20(25)24-12-4-7-18(24)16-5-2-3-6-17(16)21/h2-3,5-6,8-11,18H,4,7,12H2,1H3. The Morgan fingerprint density at radius 1 is 1.19 bits per heavy atom. The molecule has 6 heteroatoms. The zero-order valence-corrected chi connectivity index (χ0v) is 15.1. The van der Waals surface area contributed by atoms with Crippen molar-refractivity contribution in [2.45, 2.75) is 25.8 Å². The fraction of sp³-hybridized carbons (Fsp3) is 0.250. The maximum atomic E-state index is 13.0. The van der Waals surface area contributed by atoms with E-state index in [0.717, 1.165) is 30.5 Å². The van der Waals surface area contributed by atoms with Crippen molar-refractivity contribution in [2.75, 3.05) is 6.54 Å². The summed E-state index contributed by atoms with van der Waals surface area (Å²) in [6.45, 7) is 2.51. The minimum absolute atomic E-state index is 0.0145. The first-order valence-electron chi connectivity index (χ1n) is 8.59. The highest BCUT2D eigenvalue weighted by molar-refractivity contribution is 6.31. The van der Waals surface area contributed by atoms with Gasteiger partial charge in [-0.1, -0.05) is 35.0 Å². The van der Waals surface area contributed by atoms with E-state index in [4.69, 9.17) is 16.1 Å². The molecule has 4 rings (SSSR count). The molecule has 0 saturated carbocycles. The minimum Gasteiger partial charge on any atom is -0.334 e. The molecular weight excluding hydrogens is 350 g/mol. The lowest BCUT2D eigenvalue weighted by Gasteiger charge is -2.26. The van der Waals surface area contributed by atoms with Crippen LogP contribution in [-0.2, 0) is 0 Å². The third-order valence-electron chi connectivity index (χ3n) is 4.68. The number of aromatic nitrogens is 2. The van der Waals surface area contributed by atoms with E-state index in [1.807, 2.05) is 41.3 Å². The highest BCUT2D eigenvalue weighted by atomic mass is 35.5. The number of hydrogen-bond donors (Lipinski definition) is 0. The lowest BCUT2D eigenvalue weighted by atomic mass is 10.0. The van der Waals surface area contributed by atoms with Crippen molar-refractivity contribution in [3.8, 4) is 11.5 Å². The molecule has 0 bridgehead atoms. The maximum Gasteiger partial charge on any atom is 0.257 e. The third-order valence-corrected chi connectivity index (χ3v) is 5.03. The molecule has 1 saturated heterocycles. The van der Waals surface area contributed by atoms with Gasteiger partial charge in [0, 0.05) is 22.7 Å². The summed E-state index contributed by atoms with van der Waals surface area (Å²) in [4.78, 5) is 19.1. The van der Waals surface area contributed by atoms with E-state index < -0.39 is 0 Å². The van der Waals surface area contributed by atoms with Crippen LogP contribution in [0.2, 0.25) is 5.02 Å². The number of likely N-dealkylation sites (tertiary alicyclic amines) is 1. The van der Waals surface area contributed by atoms with Crippen LogP contribution >= 0.6 is 11.6 Å². The molecule has 1 unspecified atom stereocenters. The fourth-order valence-corrected chi connectivity index (χ4v) is 3.68. The second-order valence-electron chi connectivity index (χ2n) is 6.40. The van der Waals surface area contributed by atoms with E-state index in [9.17, 15) is 4.79 Å². The van der Waals surface area contributed by atoms with E-state index in [1.165, 1.54) is 0 Å². The topological polar surface area (TPSA) is 59.2 Å². The molecule has 1 atom stereocenters. The summed E-state index contributed by atoms with van der Waals surface area (Å²) in [6.07, 6.45) is 1.90. The molecule has 0 aliphatic carbocycles. The van der Waals surface area contributed by atoms with Gasteiger partial charge in [-0.3, -0.25) is 4.79 Å². The molecule has 3 aromatic rings. The second-order valence-corrected chi connectivity index (χ2v) is 6.81. The van der Waals surface area contributed by atoms with Gasteiger partial charge in [0.2, 0.25) is 0 Å². The van der Waals surface area contributed by atoms with E-state index >= 15 is 0 Å². The molecule has 0 N–H and O–H groups in total. The van der Waals surface area contributed by atoms with Gasteiger partial charge in [0.05, 0.1) is 6.04 Å². The lowest BCUT2D eigenvalue weighted by Crippen LogP contribution is -2.30. The quantitative estimate of drug-likeness (QED) is 0.674. The van der Waals surface area contributed by atoms with Crippen LogP contribution in [0.5, 0.6) is 0 Å². The van der Waals surface area contributed by atoms with Gasteiger partial charge in [0.25, 0.3) is 11.8 Å². The first kappa shape index (κ1) is 16.8. The fourth-order valence-electron chi connectivity index (χ4n) is 3.41. The molecule has 0 radical (unpaired) electrons. The van der Waals surface area contributed by atoms with Crippen molar-refractivity contribution in [2.24, 2.45) is 0 Å². The summed E-state index contributed by atoms with van der Waals surface area (Å²) in [7, 11) is 0. The molecule has 1 aliphatic rings. The molecule has 1 amide bonds. The SMILES string of the molecule is Cc1noc(-c2ccc(C(=O)N3CCCC3c3ccccc3Cl)cc2)n1. The average Bonchev–Trinajstić information content (AvgIpc) is 3.31. The van der Waals surface area contributed by atoms with Gasteiger partial charge in [-0.05, 0) is 55.7 Å². The normalized spacial score (nSPS) is 16.8. The van der Waals surface area contributed by atoms with Crippen LogP contribution in [0.1, 0.15) is 40.6 Å². The Morgan fingerprint density at radius 3 is 2.65 bits per heavy atom. The summed E-state index contributed by atoms with van der Waals surface area (Å²) < 4.78 is 5.17. The minimum atomic E-state index is 0.0145. The van der Waals surface area contributed by atoms with Crippen LogP contribution in [0.15, 0.2) is 53.1 Å². The molecule has 2 heterocycles. The number of rotatable bonds is 3. The number of halogens is 1. The predicted molar refractivity (Wildman–Crippen MR) is 98.9 cm³/mol. The third kappa shape index (κ3) is 3.10. The number of nitrogens with zero attached hydrogens (tertiary/aromatic N) is 3. The van der Waals surface area contributed by atoms with Gasteiger partial charge >= 0.3 is 0 Å². The van der Waals surface area contributed by atoms with Crippen molar-refractivity contribution >= 4 is 17.5 Å². The molecule has 1 aromatic heterocycles. The monoisotopic (exact) mass is 367 g/mol. The van der Waals surface area contributed by atoms with Gasteiger partial charge < -0.3 is 9.42 Å². The number of benzene rings is 2. The maximum absolute atomic E-state index is 13.0. The van der Waals surface area contributed by atoms with E-state index in [0.29, 0.717) is 22.3 Å². The smallest absolute Gasteiger partial charge is 0.257 e. The Hall–Kier alpha value is -2.66. The van der Waals surface area contributed by atoms with Crippen LogP contribution in [-0.4, -0.2) is 27.5 Å². The molecule has 1 aliphatic heterocycles. The lowest BCUT2D eigenvalue weighted by molar-refractivity contribution is 0.0736. The first-order valence-corrected chi connectivity index (χ1v) is 8.97. The number of aryl methyl sites for hydroxylation is 1. The predicted octanol–water partition coefficient (Wildman–Crippen LogP) is 4.68. The highest BCUT2D eigenvalue weighted by Crippen LogP contribution is 2.36. The van der Waals surface area contributed by atoms with Crippen molar-refractivity contribution in [3.05, 3.63) is 70.5 Å². The van der Waals surface area contributed by atoms with Gasteiger partial charge in [-0.25, -0.2) is 0 Å². The average molecular weight is 368 g/mol. The molecule has 0 spiro atoms. The number of amides is 1. The first-order chi connectivity index (χ1) is 12.6. The largest absolute Gasteiger partial charge is 0.334 e. The molecule has 132 valence electrons. The summed E-state index contributed by atoms with van der Waals surface area (Å²) in [6, 6.07) is 15.0. The highest BCUT2D eigenvalue weighted by Gasteiger charge is 2.31. The van der Waals surface area contributed by atoms with Crippen LogP contribution in [0.3, 0.4) is 0 Å². The van der Waals surface area contributed by atoms with Crippen LogP contribution in [0.4, 0.5) is 0 Å². The van der Waals surface area contributed by atoms with E-state index in [-0.39, 0.29) is 11.9 Å².